The molecule has 1 aliphatic rings. The van der Waals surface area contributed by atoms with Crippen LogP contribution in [0.2, 0.25) is 5.02 Å². The molecule has 200 valence electrons. The number of aliphatic carboxylic acids is 1. The third-order valence-corrected chi connectivity index (χ3v) is 7.55. The normalized spacial score (nSPS) is 16.0. The van der Waals surface area contributed by atoms with Gasteiger partial charge in [0.2, 0.25) is 0 Å². The maximum Gasteiger partial charge on any atom is 0.303 e. The van der Waals surface area contributed by atoms with Crippen LogP contribution in [0.1, 0.15) is 49.3 Å². The van der Waals surface area contributed by atoms with Crippen LogP contribution in [0.3, 0.4) is 0 Å². The Kier molecular flexibility index (Phi) is 8.83. The molecule has 1 saturated heterocycles. The summed E-state index contributed by atoms with van der Waals surface area (Å²) in [4.78, 5) is 18.2. The molecule has 0 saturated carbocycles. The van der Waals surface area contributed by atoms with Crippen LogP contribution in [-0.4, -0.2) is 52.8 Å². The molecule has 2 aromatic carbocycles. The number of benzene rings is 2. The van der Waals surface area contributed by atoms with E-state index in [-0.39, 0.29) is 6.42 Å². The lowest BCUT2D eigenvalue weighted by Crippen LogP contribution is -2.41. The number of aliphatic hydroxyl groups excluding tert-OH is 1. The van der Waals surface area contributed by atoms with Gasteiger partial charge in [0.1, 0.15) is 5.75 Å². The number of pyridine rings is 1. The molecule has 0 radical (unpaired) electrons. The van der Waals surface area contributed by atoms with Gasteiger partial charge in [0.15, 0.2) is 11.6 Å². The van der Waals surface area contributed by atoms with Crippen molar-refractivity contribution in [3.05, 3.63) is 70.4 Å². The summed E-state index contributed by atoms with van der Waals surface area (Å²) in [5.41, 5.74) is 1.17. The number of carboxylic acid groups (broad SMARTS) is 1. The van der Waals surface area contributed by atoms with Crippen molar-refractivity contribution in [1.82, 2.24) is 9.88 Å². The highest BCUT2D eigenvalue weighted by Gasteiger charge is 2.37. The lowest BCUT2D eigenvalue weighted by atomic mass is 9.71. The summed E-state index contributed by atoms with van der Waals surface area (Å²) in [6, 6.07) is 8.93. The van der Waals surface area contributed by atoms with E-state index in [2.05, 4.69) is 21.7 Å². The van der Waals surface area contributed by atoms with Gasteiger partial charge in [-0.05, 0) is 80.6 Å². The molecule has 3 aromatic rings. The zero-order valence-electron chi connectivity index (χ0n) is 21.0. The predicted molar refractivity (Wildman–Crippen MR) is 141 cm³/mol. The first kappa shape index (κ1) is 27.8. The lowest BCUT2D eigenvalue weighted by molar-refractivity contribution is -0.141. The summed E-state index contributed by atoms with van der Waals surface area (Å²) in [5.74, 6) is 3.74. The van der Waals surface area contributed by atoms with Crippen LogP contribution < -0.4 is 4.74 Å². The highest BCUT2D eigenvalue weighted by atomic mass is 35.5. The average molecular weight is 543 g/mol. The largest absolute Gasteiger partial charge is 0.497 e. The Morgan fingerprint density at radius 2 is 1.97 bits per heavy atom. The number of fused-ring (bicyclic) bond motifs is 1. The monoisotopic (exact) mass is 542 g/mol. The van der Waals surface area contributed by atoms with Crippen LogP contribution in [0.5, 0.6) is 5.75 Å². The van der Waals surface area contributed by atoms with E-state index in [1.54, 1.807) is 25.3 Å². The van der Waals surface area contributed by atoms with Gasteiger partial charge in [0.05, 0.1) is 36.7 Å². The molecule has 38 heavy (non-hydrogen) atoms. The molecule has 4 rings (SSSR count). The smallest absolute Gasteiger partial charge is 0.303 e. The fraction of sp³-hybridized carbons (Fsp3) is 0.379. The number of carbonyl (C=O) groups is 1. The Morgan fingerprint density at radius 1 is 1.21 bits per heavy atom. The number of carboxylic acids is 1. The van der Waals surface area contributed by atoms with E-state index in [1.165, 1.54) is 12.3 Å². The molecule has 0 spiro atoms. The van der Waals surface area contributed by atoms with E-state index in [9.17, 15) is 23.8 Å². The van der Waals surface area contributed by atoms with Crippen molar-refractivity contribution in [2.24, 2.45) is 5.41 Å². The number of piperidine rings is 1. The molecule has 1 atom stereocenters. The molecular formula is C29H29ClF2N2O4. The summed E-state index contributed by atoms with van der Waals surface area (Å²) >= 11 is 6.45. The number of aliphatic hydroxyl groups is 1. The Labute approximate surface area is 225 Å². The van der Waals surface area contributed by atoms with Crippen molar-refractivity contribution in [3.63, 3.8) is 0 Å². The van der Waals surface area contributed by atoms with Crippen molar-refractivity contribution in [1.29, 1.82) is 0 Å². The molecule has 1 fully saturated rings. The first-order valence-electron chi connectivity index (χ1n) is 12.4. The Balaban J connectivity index is 1.42. The summed E-state index contributed by atoms with van der Waals surface area (Å²) < 4.78 is 31.8. The van der Waals surface area contributed by atoms with Gasteiger partial charge in [-0.1, -0.05) is 23.4 Å². The minimum Gasteiger partial charge on any atom is -0.497 e. The van der Waals surface area contributed by atoms with Crippen LogP contribution in [0.25, 0.3) is 10.9 Å². The van der Waals surface area contributed by atoms with E-state index in [1.807, 2.05) is 0 Å². The van der Waals surface area contributed by atoms with Crippen molar-refractivity contribution in [3.8, 4) is 17.6 Å². The molecular weight excluding hydrogens is 514 g/mol. The standard InChI is InChI=1S/C29H29ClF2N2O4/c1-38-20-5-7-25-21(16-20)28(22(30)18-33-25)26(35)8-9-29(17-27(36)37)10-13-34(14-11-29)12-2-3-19-4-6-23(31)24(32)15-19/h4-7,15-16,18,26,35H,8-14,17H2,1H3,(H,36,37)/t26-/m1/s1. The second kappa shape index (κ2) is 12.1. The van der Waals surface area contributed by atoms with Gasteiger partial charge in [0, 0.05) is 22.7 Å². The van der Waals surface area contributed by atoms with E-state index < -0.39 is 29.1 Å². The molecule has 1 aromatic heterocycles. The van der Waals surface area contributed by atoms with Gasteiger partial charge in [-0.25, -0.2) is 8.78 Å². The van der Waals surface area contributed by atoms with Crippen molar-refractivity contribution in [2.75, 3.05) is 26.7 Å². The highest BCUT2D eigenvalue weighted by molar-refractivity contribution is 6.32. The molecule has 0 unspecified atom stereocenters. The number of hydrogen-bond donors (Lipinski definition) is 2. The van der Waals surface area contributed by atoms with E-state index >= 15 is 0 Å². The van der Waals surface area contributed by atoms with Crippen LogP contribution in [0.15, 0.2) is 42.6 Å². The SMILES string of the molecule is COc1ccc2ncc(Cl)c([C@H](O)CCC3(CC(=O)O)CCN(CC#Cc4ccc(F)c(F)c4)CC3)c2c1. The molecule has 0 amide bonds. The molecule has 1 aliphatic heterocycles. The van der Waals surface area contributed by atoms with E-state index in [0.717, 1.165) is 12.1 Å². The minimum absolute atomic E-state index is 0.00669. The fourth-order valence-corrected chi connectivity index (χ4v) is 5.35. The number of rotatable bonds is 8. The summed E-state index contributed by atoms with van der Waals surface area (Å²) in [5, 5.41) is 21.9. The van der Waals surface area contributed by atoms with Crippen molar-refractivity contribution in [2.45, 2.75) is 38.2 Å². The van der Waals surface area contributed by atoms with Crippen LogP contribution in [0.4, 0.5) is 8.78 Å². The molecule has 0 bridgehead atoms. The Hall–Kier alpha value is -3.25. The highest BCUT2D eigenvalue weighted by Crippen LogP contribution is 2.43. The summed E-state index contributed by atoms with van der Waals surface area (Å²) in [6.45, 7) is 1.73. The summed E-state index contributed by atoms with van der Waals surface area (Å²) in [6.07, 6.45) is 2.76. The predicted octanol–water partition coefficient (Wildman–Crippen LogP) is 5.60. The maximum atomic E-state index is 13.4. The maximum absolute atomic E-state index is 13.4. The zero-order chi connectivity index (χ0) is 27.3. The molecule has 0 aliphatic carbocycles. The Bertz CT molecular complexity index is 1380. The fourth-order valence-electron chi connectivity index (χ4n) is 5.07. The number of likely N-dealkylation sites (tertiary alicyclic amines) is 1. The third kappa shape index (κ3) is 6.60. The average Bonchev–Trinajstić information content (AvgIpc) is 2.90. The molecule has 2 heterocycles. The first-order valence-corrected chi connectivity index (χ1v) is 12.8. The van der Waals surface area contributed by atoms with Crippen molar-refractivity contribution >= 4 is 28.5 Å². The van der Waals surface area contributed by atoms with E-state index in [4.69, 9.17) is 16.3 Å². The second-order valence-electron chi connectivity index (χ2n) is 9.73. The zero-order valence-corrected chi connectivity index (χ0v) is 21.8. The number of aromatic nitrogens is 1. The number of methoxy groups -OCH3 is 1. The molecule has 2 N–H and O–H groups in total. The van der Waals surface area contributed by atoms with Gasteiger partial charge in [0.25, 0.3) is 0 Å². The van der Waals surface area contributed by atoms with Gasteiger partial charge in [-0.2, -0.15) is 0 Å². The van der Waals surface area contributed by atoms with Gasteiger partial charge in [-0.15, -0.1) is 0 Å². The number of hydrogen-bond acceptors (Lipinski definition) is 5. The van der Waals surface area contributed by atoms with Gasteiger partial charge >= 0.3 is 5.97 Å². The second-order valence-corrected chi connectivity index (χ2v) is 10.1. The van der Waals surface area contributed by atoms with Gasteiger partial charge < -0.3 is 14.9 Å². The van der Waals surface area contributed by atoms with Crippen LogP contribution in [0, 0.1) is 28.9 Å². The first-order chi connectivity index (χ1) is 18.2. The molecule has 9 heteroatoms. The van der Waals surface area contributed by atoms with Crippen LogP contribution in [-0.2, 0) is 4.79 Å². The van der Waals surface area contributed by atoms with Gasteiger partial charge in [-0.3, -0.25) is 14.7 Å². The third-order valence-electron chi connectivity index (χ3n) is 7.25. The van der Waals surface area contributed by atoms with Crippen LogP contribution >= 0.6 is 11.6 Å². The topological polar surface area (TPSA) is 82.9 Å². The quantitative estimate of drug-likeness (QED) is 0.361. The minimum atomic E-state index is -0.935. The Morgan fingerprint density at radius 3 is 2.66 bits per heavy atom. The number of halogens is 3. The number of ether oxygens (including phenoxy) is 1. The van der Waals surface area contributed by atoms with E-state index in [0.29, 0.717) is 78.1 Å². The number of nitrogens with zero attached hydrogens (tertiary/aromatic N) is 2. The van der Waals surface area contributed by atoms with Crippen molar-refractivity contribution < 1.29 is 28.5 Å². The summed E-state index contributed by atoms with van der Waals surface area (Å²) in [7, 11) is 1.56. The molecule has 6 nitrogen and oxygen atoms in total. The lowest BCUT2D eigenvalue weighted by Gasteiger charge is -2.41.